The second kappa shape index (κ2) is 7.19. The lowest BCUT2D eigenvalue weighted by Gasteiger charge is -2.17. The molecule has 4 rings (SSSR count). The predicted octanol–water partition coefficient (Wildman–Crippen LogP) is 2.90. The molecule has 1 fully saturated rings. The van der Waals surface area contributed by atoms with Gasteiger partial charge in [0.25, 0.3) is 0 Å². The first-order chi connectivity index (χ1) is 13.1. The molecule has 1 saturated heterocycles. The summed E-state index contributed by atoms with van der Waals surface area (Å²) in [5.74, 6) is 0.611. The molecule has 0 spiro atoms. The first kappa shape index (κ1) is 17.2. The number of rotatable bonds is 3. The fourth-order valence-corrected chi connectivity index (χ4v) is 3.48. The quantitative estimate of drug-likeness (QED) is 0.749. The number of amides is 2. The topological polar surface area (TPSA) is 88.9 Å². The summed E-state index contributed by atoms with van der Waals surface area (Å²) in [4.78, 5) is 32.8. The van der Waals surface area contributed by atoms with Crippen LogP contribution < -0.4 is 10.6 Å². The van der Waals surface area contributed by atoms with Crippen LogP contribution in [0.3, 0.4) is 0 Å². The van der Waals surface area contributed by atoms with Gasteiger partial charge in [0.1, 0.15) is 11.7 Å². The third-order valence-corrected chi connectivity index (χ3v) is 4.75. The molecule has 7 nitrogen and oxygen atoms in total. The molecule has 3 aromatic rings. The Morgan fingerprint density at radius 3 is 3.00 bits per heavy atom. The zero-order valence-corrected chi connectivity index (χ0v) is 15.1. The van der Waals surface area contributed by atoms with Crippen molar-refractivity contribution in [1.82, 2.24) is 19.9 Å². The number of hydrogen-bond donors (Lipinski definition) is 2. The highest BCUT2D eigenvalue weighted by Crippen LogP contribution is 2.27. The molecule has 0 bridgehead atoms. The molecule has 1 aromatic carbocycles. The van der Waals surface area contributed by atoms with E-state index in [2.05, 4.69) is 15.6 Å². The minimum absolute atomic E-state index is 0.0347. The van der Waals surface area contributed by atoms with Crippen LogP contribution in [0.1, 0.15) is 32.2 Å². The third kappa shape index (κ3) is 3.53. The van der Waals surface area contributed by atoms with E-state index in [1.165, 1.54) is 6.92 Å². The van der Waals surface area contributed by atoms with Crippen LogP contribution in [-0.2, 0) is 9.59 Å². The number of fused-ring (bicyclic) bond motifs is 1. The van der Waals surface area contributed by atoms with Gasteiger partial charge in [0.15, 0.2) is 5.82 Å². The number of nitrogens with one attached hydrogen (secondary N) is 2. The summed E-state index contributed by atoms with van der Waals surface area (Å²) in [6.07, 6.45) is 6.34. The van der Waals surface area contributed by atoms with Crippen LogP contribution in [0.5, 0.6) is 0 Å². The SMILES string of the molecule is CC(=O)Nc1ccc2nc(-c3nccn3[C@@H]3CCCCNC3=O)ccc2c1. The van der Waals surface area contributed by atoms with Crippen LogP contribution in [-0.4, -0.2) is 32.9 Å². The molecule has 1 aliphatic rings. The monoisotopic (exact) mass is 363 g/mol. The van der Waals surface area contributed by atoms with Crippen LogP contribution >= 0.6 is 0 Å². The van der Waals surface area contributed by atoms with Crippen molar-refractivity contribution in [1.29, 1.82) is 0 Å². The molecule has 0 saturated carbocycles. The van der Waals surface area contributed by atoms with Crippen molar-refractivity contribution in [3.05, 3.63) is 42.7 Å². The second-order valence-electron chi connectivity index (χ2n) is 6.75. The minimum Gasteiger partial charge on any atom is -0.354 e. The molecular formula is C20H21N5O2. The van der Waals surface area contributed by atoms with Gasteiger partial charge in [0.2, 0.25) is 11.8 Å². The van der Waals surface area contributed by atoms with Crippen molar-refractivity contribution in [2.45, 2.75) is 32.2 Å². The standard InChI is InChI=1S/C20H21N5O2/c1-13(26)23-15-6-8-16-14(12-15)5-7-17(24-16)19-21-10-11-25(19)18-4-2-3-9-22-20(18)27/h5-8,10-12,18H,2-4,9H2,1H3,(H,22,27)(H,23,26)/t18-/m1/s1. The number of benzene rings is 1. The van der Waals surface area contributed by atoms with E-state index in [0.29, 0.717) is 5.82 Å². The second-order valence-corrected chi connectivity index (χ2v) is 6.75. The summed E-state index contributed by atoms with van der Waals surface area (Å²) < 4.78 is 1.92. The Bertz CT molecular complexity index is 1010. The average Bonchev–Trinajstić information content (AvgIpc) is 3.03. The fraction of sp³-hybridized carbons (Fsp3) is 0.300. The molecule has 2 amide bonds. The number of imidazole rings is 1. The molecule has 3 heterocycles. The summed E-state index contributed by atoms with van der Waals surface area (Å²) in [5, 5.41) is 6.67. The van der Waals surface area contributed by atoms with Gasteiger partial charge in [-0.3, -0.25) is 9.59 Å². The third-order valence-electron chi connectivity index (χ3n) is 4.75. The van der Waals surface area contributed by atoms with Gasteiger partial charge in [-0.05, 0) is 43.5 Å². The highest BCUT2D eigenvalue weighted by atomic mass is 16.2. The van der Waals surface area contributed by atoms with E-state index in [-0.39, 0.29) is 17.9 Å². The molecule has 1 aliphatic heterocycles. The zero-order chi connectivity index (χ0) is 18.8. The van der Waals surface area contributed by atoms with E-state index >= 15 is 0 Å². The minimum atomic E-state index is -0.260. The van der Waals surface area contributed by atoms with E-state index in [4.69, 9.17) is 4.98 Å². The maximum absolute atomic E-state index is 12.4. The van der Waals surface area contributed by atoms with Crippen LogP contribution in [0, 0.1) is 0 Å². The Hall–Kier alpha value is -3.22. The van der Waals surface area contributed by atoms with Crippen LogP contribution in [0.4, 0.5) is 5.69 Å². The average molecular weight is 363 g/mol. The maximum atomic E-state index is 12.4. The summed E-state index contributed by atoms with van der Waals surface area (Å²) in [6, 6.07) is 9.17. The van der Waals surface area contributed by atoms with Gasteiger partial charge in [-0.2, -0.15) is 0 Å². The van der Waals surface area contributed by atoms with Crippen molar-refractivity contribution in [2.24, 2.45) is 0 Å². The molecule has 0 radical (unpaired) electrons. The molecule has 0 unspecified atom stereocenters. The van der Waals surface area contributed by atoms with Gasteiger partial charge in [-0.25, -0.2) is 9.97 Å². The van der Waals surface area contributed by atoms with Crippen molar-refractivity contribution in [2.75, 3.05) is 11.9 Å². The van der Waals surface area contributed by atoms with E-state index in [0.717, 1.165) is 48.1 Å². The molecular weight excluding hydrogens is 342 g/mol. The van der Waals surface area contributed by atoms with Gasteiger partial charge in [-0.15, -0.1) is 0 Å². The highest BCUT2D eigenvalue weighted by molar-refractivity contribution is 5.92. The maximum Gasteiger partial charge on any atom is 0.243 e. The van der Waals surface area contributed by atoms with E-state index in [9.17, 15) is 9.59 Å². The Kier molecular flexibility index (Phi) is 4.58. The number of carbonyl (C=O) groups is 2. The molecule has 2 N–H and O–H groups in total. The van der Waals surface area contributed by atoms with Crippen molar-refractivity contribution in [3.63, 3.8) is 0 Å². The van der Waals surface area contributed by atoms with E-state index < -0.39 is 0 Å². The van der Waals surface area contributed by atoms with Gasteiger partial charge in [0, 0.05) is 36.9 Å². The summed E-state index contributed by atoms with van der Waals surface area (Å²) in [6.45, 7) is 2.21. The highest BCUT2D eigenvalue weighted by Gasteiger charge is 2.25. The van der Waals surface area contributed by atoms with Gasteiger partial charge < -0.3 is 15.2 Å². The Labute approximate surface area is 156 Å². The number of nitrogens with zero attached hydrogens (tertiary/aromatic N) is 3. The number of aromatic nitrogens is 3. The summed E-state index contributed by atoms with van der Waals surface area (Å²) in [5.41, 5.74) is 2.26. The molecule has 1 atom stereocenters. The number of anilines is 1. The molecule has 7 heteroatoms. The van der Waals surface area contributed by atoms with Gasteiger partial charge in [-0.1, -0.05) is 6.07 Å². The number of pyridine rings is 1. The van der Waals surface area contributed by atoms with Crippen molar-refractivity contribution >= 4 is 28.4 Å². The molecule has 0 aliphatic carbocycles. The molecule has 2 aromatic heterocycles. The van der Waals surface area contributed by atoms with Crippen LogP contribution in [0.15, 0.2) is 42.7 Å². The lowest BCUT2D eigenvalue weighted by molar-refractivity contribution is -0.124. The number of carbonyl (C=O) groups excluding carboxylic acids is 2. The van der Waals surface area contributed by atoms with Crippen molar-refractivity contribution in [3.8, 4) is 11.5 Å². The van der Waals surface area contributed by atoms with E-state index in [1.807, 2.05) is 41.1 Å². The Morgan fingerprint density at radius 2 is 2.15 bits per heavy atom. The largest absolute Gasteiger partial charge is 0.354 e. The summed E-state index contributed by atoms with van der Waals surface area (Å²) in [7, 11) is 0. The zero-order valence-electron chi connectivity index (χ0n) is 15.1. The van der Waals surface area contributed by atoms with Gasteiger partial charge in [0.05, 0.1) is 5.52 Å². The molecule has 138 valence electrons. The smallest absolute Gasteiger partial charge is 0.243 e. The first-order valence-electron chi connectivity index (χ1n) is 9.11. The first-order valence-corrected chi connectivity index (χ1v) is 9.11. The lowest BCUT2D eigenvalue weighted by Crippen LogP contribution is -2.31. The van der Waals surface area contributed by atoms with Gasteiger partial charge >= 0.3 is 0 Å². The van der Waals surface area contributed by atoms with E-state index in [1.54, 1.807) is 6.20 Å². The number of hydrogen-bond acceptors (Lipinski definition) is 4. The normalized spacial score (nSPS) is 17.4. The Balaban J connectivity index is 1.70. The summed E-state index contributed by atoms with van der Waals surface area (Å²) >= 11 is 0. The molecule has 27 heavy (non-hydrogen) atoms. The van der Waals surface area contributed by atoms with Crippen molar-refractivity contribution < 1.29 is 9.59 Å². The fourth-order valence-electron chi connectivity index (χ4n) is 3.48. The lowest BCUT2D eigenvalue weighted by atomic mass is 10.1. The van der Waals surface area contributed by atoms with Crippen LogP contribution in [0.2, 0.25) is 0 Å². The Morgan fingerprint density at radius 1 is 1.26 bits per heavy atom. The predicted molar refractivity (Wildman–Crippen MR) is 103 cm³/mol. The van der Waals surface area contributed by atoms with Crippen LogP contribution in [0.25, 0.3) is 22.4 Å².